The third kappa shape index (κ3) is 2.29. The standard InChI is InChI=1S/C16H19N3O/c1-11-8-13(20-2)9-12(18-11)10-19-7-6-14-15(17)4-3-5-16(14)19/h3-5,8-9H,6-7,10,17H2,1-2H3. The van der Waals surface area contributed by atoms with Gasteiger partial charge in [-0.3, -0.25) is 4.98 Å². The van der Waals surface area contributed by atoms with E-state index in [1.54, 1.807) is 7.11 Å². The number of aryl methyl sites for hydroxylation is 1. The largest absolute Gasteiger partial charge is 0.497 e. The molecule has 3 rings (SSSR count). The van der Waals surface area contributed by atoms with Gasteiger partial charge in [0.25, 0.3) is 0 Å². The topological polar surface area (TPSA) is 51.4 Å². The van der Waals surface area contributed by atoms with Gasteiger partial charge in [-0.2, -0.15) is 0 Å². The Balaban J connectivity index is 1.87. The first-order valence-electron chi connectivity index (χ1n) is 6.81. The van der Waals surface area contributed by atoms with Crippen molar-refractivity contribution in [1.82, 2.24) is 4.98 Å². The maximum absolute atomic E-state index is 6.03. The van der Waals surface area contributed by atoms with E-state index >= 15 is 0 Å². The molecule has 1 aromatic carbocycles. The molecule has 0 radical (unpaired) electrons. The van der Waals surface area contributed by atoms with Gasteiger partial charge < -0.3 is 15.4 Å². The molecule has 0 fully saturated rings. The molecule has 4 heteroatoms. The van der Waals surface area contributed by atoms with Crippen LogP contribution in [0.1, 0.15) is 17.0 Å². The monoisotopic (exact) mass is 269 g/mol. The Hall–Kier alpha value is -2.23. The first-order chi connectivity index (χ1) is 9.67. The summed E-state index contributed by atoms with van der Waals surface area (Å²) in [5, 5.41) is 0. The number of nitrogen functional groups attached to an aromatic ring is 1. The van der Waals surface area contributed by atoms with Gasteiger partial charge in [-0.05, 0) is 25.5 Å². The van der Waals surface area contributed by atoms with E-state index in [0.717, 1.165) is 42.3 Å². The predicted molar refractivity (Wildman–Crippen MR) is 81.1 cm³/mol. The Labute approximate surface area is 119 Å². The average Bonchev–Trinajstić information content (AvgIpc) is 2.83. The van der Waals surface area contributed by atoms with Crippen molar-refractivity contribution in [1.29, 1.82) is 0 Å². The van der Waals surface area contributed by atoms with Gasteiger partial charge in [-0.15, -0.1) is 0 Å². The maximum atomic E-state index is 6.03. The van der Waals surface area contributed by atoms with Crippen LogP contribution in [0.25, 0.3) is 0 Å². The number of nitrogens with two attached hydrogens (primary N) is 1. The molecule has 0 saturated heterocycles. The van der Waals surface area contributed by atoms with E-state index in [-0.39, 0.29) is 0 Å². The lowest BCUT2D eigenvalue weighted by atomic mass is 10.1. The summed E-state index contributed by atoms with van der Waals surface area (Å²) in [4.78, 5) is 6.91. The zero-order valence-corrected chi connectivity index (χ0v) is 11.9. The Bertz CT molecular complexity index is 640. The molecule has 0 unspecified atom stereocenters. The van der Waals surface area contributed by atoms with Crippen LogP contribution in [0.4, 0.5) is 11.4 Å². The van der Waals surface area contributed by atoms with Crippen LogP contribution in [0.5, 0.6) is 5.75 Å². The fraction of sp³-hybridized carbons (Fsp3) is 0.312. The van der Waals surface area contributed by atoms with Crippen LogP contribution in [0.15, 0.2) is 30.3 Å². The van der Waals surface area contributed by atoms with Crippen molar-refractivity contribution in [2.45, 2.75) is 19.9 Å². The number of ether oxygens (including phenoxy) is 1. The Morgan fingerprint density at radius 3 is 3.00 bits per heavy atom. The van der Waals surface area contributed by atoms with Crippen molar-refractivity contribution in [2.75, 3.05) is 24.3 Å². The number of anilines is 2. The van der Waals surface area contributed by atoms with Crippen molar-refractivity contribution < 1.29 is 4.74 Å². The van der Waals surface area contributed by atoms with Crippen LogP contribution in [0, 0.1) is 6.92 Å². The summed E-state index contributed by atoms with van der Waals surface area (Å²) in [5.74, 6) is 0.861. The number of fused-ring (bicyclic) bond motifs is 1. The van der Waals surface area contributed by atoms with Gasteiger partial charge in [0, 0.05) is 41.3 Å². The summed E-state index contributed by atoms with van der Waals surface area (Å²) in [5.41, 5.74) is 11.4. The van der Waals surface area contributed by atoms with E-state index in [9.17, 15) is 0 Å². The highest BCUT2D eigenvalue weighted by molar-refractivity contribution is 5.68. The van der Waals surface area contributed by atoms with E-state index in [1.807, 2.05) is 31.2 Å². The van der Waals surface area contributed by atoms with Crippen LogP contribution < -0.4 is 15.4 Å². The molecule has 1 aromatic heterocycles. The number of rotatable bonds is 3. The average molecular weight is 269 g/mol. The van der Waals surface area contributed by atoms with Gasteiger partial charge in [0.2, 0.25) is 0 Å². The summed E-state index contributed by atoms with van der Waals surface area (Å²) < 4.78 is 5.31. The normalized spacial score (nSPS) is 13.4. The first kappa shape index (κ1) is 12.8. The number of hydrogen-bond donors (Lipinski definition) is 1. The second-order valence-corrected chi connectivity index (χ2v) is 5.16. The van der Waals surface area contributed by atoms with E-state index in [4.69, 9.17) is 10.5 Å². The highest BCUT2D eigenvalue weighted by Gasteiger charge is 2.21. The first-order valence-corrected chi connectivity index (χ1v) is 6.81. The van der Waals surface area contributed by atoms with Gasteiger partial charge in [0.15, 0.2) is 0 Å². The molecule has 4 nitrogen and oxygen atoms in total. The molecular weight excluding hydrogens is 250 g/mol. The van der Waals surface area contributed by atoms with E-state index < -0.39 is 0 Å². The Kier molecular flexibility index (Phi) is 3.22. The van der Waals surface area contributed by atoms with Crippen LogP contribution in [-0.2, 0) is 13.0 Å². The van der Waals surface area contributed by atoms with Crippen LogP contribution in [0.3, 0.4) is 0 Å². The number of nitrogens with zero attached hydrogens (tertiary/aromatic N) is 2. The van der Waals surface area contributed by atoms with Crippen molar-refractivity contribution in [3.05, 3.63) is 47.3 Å². The van der Waals surface area contributed by atoms with Crippen molar-refractivity contribution >= 4 is 11.4 Å². The van der Waals surface area contributed by atoms with Crippen molar-refractivity contribution in [2.24, 2.45) is 0 Å². The Morgan fingerprint density at radius 1 is 1.35 bits per heavy atom. The summed E-state index contributed by atoms with van der Waals surface area (Å²) in [7, 11) is 1.68. The minimum absolute atomic E-state index is 0.786. The molecule has 104 valence electrons. The molecule has 1 aliphatic heterocycles. The molecule has 0 spiro atoms. The maximum Gasteiger partial charge on any atom is 0.122 e. The molecule has 2 heterocycles. The lowest BCUT2D eigenvalue weighted by Gasteiger charge is -2.19. The van der Waals surface area contributed by atoms with Gasteiger partial charge in [-0.25, -0.2) is 0 Å². The summed E-state index contributed by atoms with van der Waals surface area (Å²) in [6, 6.07) is 10.1. The highest BCUT2D eigenvalue weighted by atomic mass is 16.5. The van der Waals surface area contributed by atoms with Crippen molar-refractivity contribution in [3.63, 3.8) is 0 Å². The molecule has 2 aromatic rings. The minimum atomic E-state index is 0.786. The third-order valence-electron chi connectivity index (χ3n) is 3.73. The van der Waals surface area contributed by atoms with Crippen LogP contribution in [0.2, 0.25) is 0 Å². The highest BCUT2D eigenvalue weighted by Crippen LogP contribution is 2.33. The third-order valence-corrected chi connectivity index (χ3v) is 3.73. The zero-order chi connectivity index (χ0) is 14.1. The van der Waals surface area contributed by atoms with E-state index in [0.29, 0.717) is 0 Å². The Morgan fingerprint density at radius 2 is 2.20 bits per heavy atom. The number of methoxy groups -OCH3 is 1. The van der Waals surface area contributed by atoms with Gasteiger partial charge in [0.05, 0.1) is 19.3 Å². The summed E-state index contributed by atoms with van der Waals surface area (Å²) in [6.07, 6.45) is 1.00. The molecule has 0 saturated carbocycles. The molecule has 0 amide bonds. The summed E-state index contributed by atoms with van der Waals surface area (Å²) in [6.45, 7) is 3.76. The van der Waals surface area contributed by atoms with Gasteiger partial charge >= 0.3 is 0 Å². The predicted octanol–water partition coefficient (Wildman–Crippen LogP) is 2.54. The molecule has 0 atom stereocenters. The second kappa shape index (κ2) is 5.04. The molecule has 0 bridgehead atoms. The van der Waals surface area contributed by atoms with Crippen molar-refractivity contribution in [3.8, 4) is 5.75 Å². The molecule has 2 N–H and O–H groups in total. The summed E-state index contributed by atoms with van der Waals surface area (Å²) >= 11 is 0. The number of hydrogen-bond acceptors (Lipinski definition) is 4. The zero-order valence-electron chi connectivity index (χ0n) is 11.9. The van der Waals surface area contributed by atoms with E-state index in [1.165, 1.54) is 11.3 Å². The van der Waals surface area contributed by atoms with Gasteiger partial charge in [-0.1, -0.05) is 6.07 Å². The molecular formula is C16H19N3O. The van der Waals surface area contributed by atoms with Crippen LogP contribution >= 0.6 is 0 Å². The molecule has 1 aliphatic rings. The fourth-order valence-corrected chi connectivity index (χ4v) is 2.79. The van der Waals surface area contributed by atoms with E-state index in [2.05, 4.69) is 16.0 Å². The quantitative estimate of drug-likeness (QED) is 0.870. The molecule has 0 aliphatic carbocycles. The number of aromatic nitrogens is 1. The SMILES string of the molecule is COc1cc(C)nc(CN2CCc3c(N)cccc32)c1. The van der Waals surface area contributed by atoms with Crippen LogP contribution in [-0.4, -0.2) is 18.6 Å². The fourth-order valence-electron chi connectivity index (χ4n) is 2.79. The lowest BCUT2D eigenvalue weighted by molar-refractivity contribution is 0.413. The number of benzene rings is 1. The minimum Gasteiger partial charge on any atom is -0.497 e. The molecule has 20 heavy (non-hydrogen) atoms. The second-order valence-electron chi connectivity index (χ2n) is 5.16. The van der Waals surface area contributed by atoms with Gasteiger partial charge in [0.1, 0.15) is 5.75 Å². The lowest BCUT2D eigenvalue weighted by Crippen LogP contribution is -2.20. The number of pyridine rings is 1. The smallest absolute Gasteiger partial charge is 0.122 e.